The molecule has 0 fully saturated rings. The maximum atomic E-state index is 12.8. The number of nitrogens with zero attached hydrogens (tertiary/aromatic N) is 1. The zero-order valence-electron chi connectivity index (χ0n) is 13.6. The Morgan fingerprint density at radius 1 is 0.913 bits per heavy atom. The van der Waals surface area contributed by atoms with Gasteiger partial charge < -0.3 is 9.47 Å². The van der Waals surface area contributed by atoms with E-state index in [4.69, 9.17) is 9.47 Å². The fraction of sp³-hybridized carbons (Fsp3) is 0.368. The third-order valence-electron chi connectivity index (χ3n) is 3.56. The average Bonchev–Trinajstić information content (AvgIpc) is 2.59. The van der Waals surface area contributed by atoms with Gasteiger partial charge in [-0.2, -0.15) is 0 Å². The number of rotatable bonds is 10. The molecule has 0 amide bonds. The first kappa shape index (κ1) is 17.4. The fourth-order valence-electron chi connectivity index (χ4n) is 2.34. The fourth-order valence-corrected chi connectivity index (χ4v) is 2.34. The van der Waals surface area contributed by atoms with Crippen LogP contribution in [0.2, 0.25) is 0 Å². The van der Waals surface area contributed by atoms with Gasteiger partial charge in [-0.3, -0.25) is 4.90 Å². The normalized spacial score (nSPS) is 10.9. The largest absolute Gasteiger partial charge is 0.494 e. The van der Waals surface area contributed by atoms with Gasteiger partial charge >= 0.3 is 0 Å². The quantitative estimate of drug-likeness (QED) is 0.623. The van der Waals surface area contributed by atoms with Crippen molar-refractivity contribution in [2.75, 3.05) is 33.4 Å². The Morgan fingerprint density at radius 2 is 1.65 bits per heavy atom. The van der Waals surface area contributed by atoms with Crippen molar-refractivity contribution >= 4 is 0 Å². The maximum Gasteiger partial charge on any atom is 0.123 e. The summed E-state index contributed by atoms with van der Waals surface area (Å²) in [7, 11) is 1.72. The van der Waals surface area contributed by atoms with Gasteiger partial charge in [0.25, 0.3) is 0 Å². The molecular formula is C19H24FNO2. The van der Waals surface area contributed by atoms with Gasteiger partial charge in [-0.25, -0.2) is 4.39 Å². The van der Waals surface area contributed by atoms with Gasteiger partial charge in [0.15, 0.2) is 0 Å². The van der Waals surface area contributed by atoms with Crippen LogP contribution in [0.4, 0.5) is 4.39 Å². The van der Waals surface area contributed by atoms with Gasteiger partial charge in [0, 0.05) is 26.7 Å². The van der Waals surface area contributed by atoms with E-state index in [0.29, 0.717) is 19.0 Å². The van der Waals surface area contributed by atoms with E-state index < -0.39 is 0 Å². The van der Waals surface area contributed by atoms with E-state index in [2.05, 4.69) is 29.2 Å². The molecule has 0 saturated carbocycles. The summed E-state index contributed by atoms with van der Waals surface area (Å²) in [4.78, 5) is 2.35. The van der Waals surface area contributed by atoms with Crippen LogP contribution in [0.3, 0.4) is 0 Å². The molecule has 0 radical (unpaired) electrons. The zero-order valence-corrected chi connectivity index (χ0v) is 13.6. The summed E-state index contributed by atoms with van der Waals surface area (Å²) in [6.45, 7) is 4.05. The molecule has 23 heavy (non-hydrogen) atoms. The Labute approximate surface area is 137 Å². The minimum absolute atomic E-state index is 0.244. The summed E-state index contributed by atoms with van der Waals surface area (Å²) in [6.07, 6.45) is 0.911. The molecule has 2 rings (SSSR count). The highest BCUT2D eigenvalue weighted by atomic mass is 19.1. The van der Waals surface area contributed by atoms with E-state index in [9.17, 15) is 4.39 Å². The summed E-state index contributed by atoms with van der Waals surface area (Å²) >= 11 is 0. The number of ether oxygens (including phenoxy) is 2. The van der Waals surface area contributed by atoms with Gasteiger partial charge in [-0.1, -0.05) is 30.3 Å². The van der Waals surface area contributed by atoms with Crippen molar-refractivity contribution < 1.29 is 13.9 Å². The minimum Gasteiger partial charge on any atom is -0.494 e. The molecule has 0 aliphatic rings. The van der Waals surface area contributed by atoms with Crippen molar-refractivity contribution in [2.45, 2.75) is 13.0 Å². The van der Waals surface area contributed by atoms with Crippen LogP contribution in [0.1, 0.15) is 12.0 Å². The third kappa shape index (κ3) is 6.80. The second-order valence-electron chi connectivity index (χ2n) is 5.41. The first-order valence-electron chi connectivity index (χ1n) is 7.91. The third-order valence-corrected chi connectivity index (χ3v) is 3.56. The monoisotopic (exact) mass is 317 g/mol. The van der Waals surface area contributed by atoms with E-state index >= 15 is 0 Å². The molecule has 0 aromatic heterocycles. The molecule has 0 aliphatic carbocycles. The van der Waals surface area contributed by atoms with Gasteiger partial charge in [0.2, 0.25) is 0 Å². The Bertz CT molecular complexity index is 545. The van der Waals surface area contributed by atoms with Crippen molar-refractivity contribution in [2.24, 2.45) is 0 Å². The number of benzene rings is 2. The lowest BCUT2D eigenvalue weighted by Gasteiger charge is -2.22. The van der Waals surface area contributed by atoms with E-state index in [-0.39, 0.29) is 5.82 Å². The first-order valence-corrected chi connectivity index (χ1v) is 7.91. The summed E-state index contributed by atoms with van der Waals surface area (Å²) in [6, 6.07) is 16.5. The van der Waals surface area contributed by atoms with Crippen molar-refractivity contribution in [3.8, 4) is 5.75 Å². The Kier molecular flexibility index (Phi) is 7.57. The standard InChI is InChI=1S/C19H24FNO2/c1-22-15-13-21(16-17-6-3-2-4-7-17)12-5-14-23-19-10-8-18(20)9-11-19/h2-4,6-11H,5,12-16H2,1H3. The molecule has 124 valence electrons. The van der Waals surface area contributed by atoms with Gasteiger partial charge in [0.1, 0.15) is 11.6 Å². The molecule has 0 unspecified atom stereocenters. The Morgan fingerprint density at radius 3 is 2.35 bits per heavy atom. The van der Waals surface area contributed by atoms with E-state index in [1.54, 1.807) is 19.2 Å². The molecule has 0 N–H and O–H groups in total. The molecule has 0 saturated heterocycles. The molecule has 0 spiro atoms. The zero-order chi connectivity index (χ0) is 16.3. The lowest BCUT2D eigenvalue weighted by Crippen LogP contribution is -2.29. The van der Waals surface area contributed by atoms with Crippen LogP contribution in [-0.4, -0.2) is 38.3 Å². The second kappa shape index (κ2) is 9.98. The van der Waals surface area contributed by atoms with Crippen LogP contribution in [0.25, 0.3) is 0 Å². The van der Waals surface area contributed by atoms with Crippen LogP contribution in [0.5, 0.6) is 5.75 Å². The first-order chi connectivity index (χ1) is 11.3. The summed E-state index contributed by atoms with van der Waals surface area (Å²) < 4.78 is 23.7. The number of hydrogen-bond donors (Lipinski definition) is 0. The molecule has 3 nitrogen and oxygen atoms in total. The van der Waals surface area contributed by atoms with Crippen LogP contribution in [0, 0.1) is 5.82 Å². The van der Waals surface area contributed by atoms with Crippen LogP contribution in [0.15, 0.2) is 54.6 Å². The highest BCUT2D eigenvalue weighted by Gasteiger charge is 2.06. The second-order valence-corrected chi connectivity index (χ2v) is 5.41. The van der Waals surface area contributed by atoms with Crippen molar-refractivity contribution in [1.29, 1.82) is 0 Å². The summed E-state index contributed by atoms with van der Waals surface area (Å²) in [5.41, 5.74) is 1.29. The number of hydrogen-bond acceptors (Lipinski definition) is 3. The average molecular weight is 317 g/mol. The lowest BCUT2D eigenvalue weighted by atomic mass is 10.2. The molecule has 0 heterocycles. The SMILES string of the molecule is COCCN(CCCOc1ccc(F)cc1)Cc1ccccc1. The van der Waals surface area contributed by atoms with Crippen molar-refractivity contribution in [1.82, 2.24) is 4.90 Å². The van der Waals surface area contributed by atoms with Crippen LogP contribution in [-0.2, 0) is 11.3 Å². The molecule has 0 bridgehead atoms. The molecular weight excluding hydrogens is 293 g/mol. The van der Waals surface area contributed by atoms with Crippen LogP contribution >= 0.6 is 0 Å². The number of halogens is 1. The van der Waals surface area contributed by atoms with Gasteiger partial charge in [-0.15, -0.1) is 0 Å². The summed E-state index contributed by atoms with van der Waals surface area (Å²) in [5.74, 6) is 0.462. The molecule has 4 heteroatoms. The smallest absolute Gasteiger partial charge is 0.123 e. The maximum absolute atomic E-state index is 12.8. The van der Waals surface area contributed by atoms with E-state index in [1.807, 2.05) is 6.07 Å². The van der Waals surface area contributed by atoms with Crippen molar-refractivity contribution in [3.63, 3.8) is 0 Å². The predicted molar refractivity (Wildman–Crippen MR) is 90.1 cm³/mol. The van der Waals surface area contributed by atoms with Gasteiger partial charge in [-0.05, 0) is 36.2 Å². The lowest BCUT2D eigenvalue weighted by molar-refractivity contribution is 0.138. The minimum atomic E-state index is -0.244. The Hall–Kier alpha value is -1.91. The highest BCUT2D eigenvalue weighted by molar-refractivity contribution is 5.22. The van der Waals surface area contributed by atoms with Crippen molar-refractivity contribution in [3.05, 3.63) is 66.0 Å². The molecule has 0 atom stereocenters. The molecule has 2 aromatic rings. The topological polar surface area (TPSA) is 21.7 Å². The predicted octanol–water partition coefficient (Wildman–Crippen LogP) is 3.74. The Balaban J connectivity index is 1.75. The van der Waals surface area contributed by atoms with E-state index in [0.717, 1.165) is 26.1 Å². The van der Waals surface area contributed by atoms with Gasteiger partial charge in [0.05, 0.1) is 13.2 Å². The molecule has 0 aliphatic heterocycles. The number of methoxy groups -OCH3 is 1. The van der Waals surface area contributed by atoms with E-state index in [1.165, 1.54) is 17.7 Å². The highest BCUT2D eigenvalue weighted by Crippen LogP contribution is 2.11. The van der Waals surface area contributed by atoms with Crippen LogP contribution < -0.4 is 4.74 Å². The summed E-state index contributed by atoms with van der Waals surface area (Å²) in [5, 5.41) is 0. The molecule has 2 aromatic carbocycles.